The summed E-state index contributed by atoms with van der Waals surface area (Å²) in [4.78, 5) is 8.40. The Labute approximate surface area is 87.7 Å². The molecule has 1 N–H and O–H groups in total. The van der Waals surface area contributed by atoms with Crippen LogP contribution in [-0.4, -0.2) is 23.1 Å². The summed E-state index contributed by atoms with van der Waals surface area (Å²) < 4.78 is 5.13. The second-order valence-corrected chi connectivity index (χ2v) is 3.97. The van der Waals surface area contributed by atoms with Crippen LogP contribution in [-0.2, 0) is 0 Å². The minimum atomic E-state index is 0.625. The van der Waals surface area contributed by atoms with Crippen molar-refractivity contribution in [1.29, 1.82) is 0 Å². The van der Waals surface area contributed by atoms with Crippen LogP contribution in [0.2, 0.25) is 0 Å². The van der Waals surface area contributed by atoms with E-state index in [1.807, 2.05) is 6.20 Å². The summed E-state index contributed by atoms with van der Waals surface area (Å²) >= 11 is 0. The number of nitrogens with one attached hydrogen (secondary N) is 1. The maximum Gasteiger partial charge on any atom is 0.246 e. The summed E-state index contributed by atoms with van der Waals surface area (Å²) in [5.74, 6) is 0.625. The molecule has 2 aromatic rings. The van der Waals surface area contributed by atoms with Crippen LogP contribution >= 0.6 is 0 Å². The third-order valence-electron chi connectivity index (χ3n) is 3.02. The van der Waals surface area contributed by atoms with Crippen LogP contribution in [0.25, 0.3) is 11.2 Å². The molecule has 1 aliphatic heterocycles. The lowest BCUT2D eigenvalue weighted by molar-refractivity contribution is 0.460. The van der Waals surface area contributed by atoms with E-state index in [9.17, 15) is 0 Å². The Kier molecular flexibility index (Phi) is 2.14. The summed E-state index contributed by atoms with van der Waals surface area (Å²) in [6.07, 6.45) is 5.74. The Bertz CT molecular complexity index is 460. The van der Waals surface area contributed by atoms with Crippen molar-refractivity contribution in [3.8, 4) is 0 Å². The topological polar surface area (TPSA) is 51.0 Å². The Morgan fingerprint density at radius 1 is 1.27 bits per heavy atom. The van der Waals surface area contributed by atoms with Crippen LogP contribution in [0, 0.1) is 0 Å². The molecule has 0 bridgehead atoms. The molecule has 3 rings (SSSR count). The highest BCUT2D eigenvalue weighted by molar-refractivity contribution is 5.68. The van der Waals surface area contributed by atoms with Gasteiger partial charge in [-0.1, -0.05) is 0 Å². The molecule has 15 heavy (non-hydrogen) atoms. The normalized spacial score (nSPS) is 18.4. The van der Waals surface area contributed by atoms with Gasteiger partial charge in [-0.3, -0.25) is 0 Å². The highest BCUT2D eigenvalue weighted by Gasteiger charge is 2.16. The Balaban J connectivity index is 1.95. The molecule has 3 heterocycles. The Morgan fingerprint density at radius 2 is 2.13 bits per heavy atom. The Morgan fingerprint density at radius 3 is 3.00 bits per heavy atom. The van der Waals surface area contributed by atoms with Gasteiger partial charge in [0.15, 0.2) is 6.39 Å². The maximum atomic E-state index is 5.13. The SMILES string of the molecule is c1nc2cc(C3CCNCC3)cnc2o1. The van der Waals surface area contributed by atoms with Gasteiger partial charge in [0, 0.05) is 6.20 Å². The van der Waals surface area contributed by atoms with Crippen molar-refractivity contribution in [3.63, 3.8) is 0 Å². The number of pyridine rings is 1. The molecule has 0 unspecified atom stereocenters. The van der Waals surface area contributed by atoms with Gasteiger partial charge in [0.2, 0.25) is 5.71 Å². The van der Waals surface area contributed by atoms with Gasteiger partial charge in [0.1, 0.15) is 5.52 Å². The first-order valence-corrected chi connectivity index (χ1v) is 5.33. The monoisotopic (exact) mass is 203 g/mol. The summed E-state index contributed by atoms with van der Waals surface area (Å²) in [7, 11) is 0. The van der Waals surface area contributed by atoms with E-state index in [1.165, 1.54) is 24.8 Å². The number of hydrogen-bond donors (Lipinski definition) is 1. The number of nitrogens with zero attached hydrogens (tertiary/aromatic N) is 2. The highest BCUT2D eigenvalue weighted by Crippen LogP contribution is 2.26. The van der Waals surface area contributed by atoms with Crippen LogP contribution in [0.15, 0.2) is 23.1 Å². The standard InChI is InChI=1S/C11H13N3O/c1-3-12-4-2-8(1)9-5-10-11(13-6-9)15-7-14-10/h5-8,12H,1-4H2. The molecule has 0 atom stereocenters. The summed E-state index contributed by atoms with van der Waals surface area (Å²) in [5, 5.41) is 3.36. The molecule has 2 aromatic heterocycles. The van der Waals surface area contributed by atoms with Crippen molar-refractivity contribution < 1.29 is 4.42 Å². The van der Waals surface area contributed by atoms with Gasteiger partial charge in [-0.05, 0) is 43.5 Å². The van der Waals surface area contributed by atoms with E-state index < -0.39 is 0 Å². The predicted molar refractivity (Wildman–Crippen MR) is 56.6 cm³/mol. The molecule has 0 aromatic carbocycles. The number of rotatable bonds is 1. The minimum absolute atomic E-state index is 0.625. The number of piperidine rings is 1. The highest BCUT2D eigenvalue weighted by atomic mass is 16.3. The van der Waals surface area contributed by atoms with Gasteiger partial charge in [0.25, 0.3) is 0 Å². The van der Waals surface area contributed by atoms with Gasteiger partial charge in [-0.2, -0.15) is 0 Å². The molecule has 4 nitrogen and oxygen atoms in total. The van der Waals surface area contributed by atoms with E-state index in [0.29, 0.717) is 11.6 Å². The molecule has 4 heteroatoms. The van der Waals surface area contributed by atoms with Crippen LogP contribution < -0.4 is 5.32 Å². The van der Waals surface area contributed by atoms with Gasteiger partial charge < -0.3 is 9.73 Å². The fraction of sp³-hybridized carbons (Fsp3) is 0.455. The molecule has 0 spiro atoms. The average Bonchev–Trinajstić information content (AvgIpc) is 2.77. The van der Waals surface area contributed by atoms with Gasteiger partial charge in [0.05, 0.1) is 0 Å². The van der Waals surface area contributed by atoms with E-state index in [0.717, 1.165) is 18.6 Å². The fourth-order valence-electron chi connectivity index (χ4n) is 2.15. The lowest BCUT2D eigenvalue weighted by Gasteiger charge is -2.22. The smallest absolute Gasteiger partial charge is 0.246 e. The first-order valence-electron chi connectivity index (χ1n) is 5.33. The van der Waals surface area contributed by atoms with Crippen LogP contribution in [0.1, 0.15) is 24.3 Å². The second-order valence-electron chi connectivity index (χ2n) is 3.97. The first-order chi connectivity index (χ1) is 7.43. The average molecular weight is 203 g/mol. The lowest BCUT2D eigenvalue weighted by atomic mass is 9.91. The summed E-state index contributed by atoms with van der Waals surface area (Å²) in [5.41, 5.74) is 2.79. The number of aromatic nitrogens is 2. The molecule has 0 radical (unpaired) electrons. The number of fused-ring (bicyclic) bond motifs is 1. The largest absolute Gasteiger partial charge is 0.425 e. The van der Waals surface area contributed by atoms with Crippen LogP contribution in [0.5, 0.6) is 0 Å². The molecule has 0 amide bonds. The molecule has 1 aliphatic rings. The van der Waals surface area contributed by atoms with E-state index in [4.69, 9.17) is 4.42 Å². The van der Waals surface area contributed by atoms with E-state index in [2.05, 4.69) is 21.4 Å². The first kappa shape index (κ1) is 8.85. The predicted octanol–water partition coefficient (Wildman–Crippen LogP) is 1.69. The second kappa shape index (κ2) is 3.62. The van der Waals surface area contributed by atoms with E-state index in [1.54, 1.807) is 0 Å². The van der Waals surface area contributed by atoms with Crippen LogP contribution in [0.4, 0.5) is 0 Å². The van der Waals surface area contributed by atoms with Crippen molar-refractivity contribution in [2.75, 3.05) is 13.1 Å². The summed E-state index contributed by atoms with van der Waals surface area (Å²) in [6, 6.07) is 2.10. The maximum absolute atomic E-state index is 5.13. The zero-order chi connectivity index (χ0) is 10.1. The minimum Gasteiger partial charge on any atom is -0.425 e. The third-order valence-corrected chi connectivity index (χ3v) is 3.02. The molecular weight excluding hydrogens is 190 g/mol. The number of hydrogen-bond acceptors (Lipinski definition) is 4. The lowest BCUT2D eigenvalue weighted by Crippen LogP contribution is -2.26. The van der Waals surface area contributed by atoms with E-state index >= 15 is 0 Å². The summed E-state index contributed by atoms with van der Waals surface area (Å²) in [6.45, 7) is 2.20. The molecule has 0 saturated carbocycles. The third kappa shape index (κ3) is 1.61. The zero-order valence-electron chi connectivity index (χ0n) is 8.44. The van der Waals surface area contributed by atoms with Gasteiger partial charge >= 0.3 is 0 Å². The molecule has 78 valence electrons. The molecule has 1 fully saturated rings. The van der Waals surface area contributed by atoms with Crippen molar-refractivity contribution in [3.05, 3.63) is 24.2 Å². The molecule has 0 aliphatic carbocycles. The van der Waals surface area contributed by atoms with E-state index in [-0.39, 0.29) is 0 Å². The van der Waals surface area contributed by atoms with Crippen LogP contribution in [0.3, 0.4) is 0 Å². The van der Waals surface area contributed by atoms with Crippen molar-refractivity contribution in [1.82, 2.24) is 15.3 Å². The quantitative estimate of drug-likeness (QED) is 0.766. The van der Waals surface area contributed by atoms with Gasteiger partial charge in [-0.15, -0.1) is 0 Å². The van der Waals surface area contributed by atoms with Crippen molar-refractivity contribution >= 4 is 11.2 Å². The van der Waals surface area contributed by atoms with Gasteiger partial charge in [-0.25, -0.2) is 9.97 Å². The Hall–Kier alpha value is -1.42. The van der Waals surface area contributed by atoms with Crippen molar-refractivity contribution in [2.45, 2.75) is 18.8 Å². The zero-order valence-corrected chi connectivity index (χ0v) is 8.44. The number of oxazole rings is 1. The molecular formula is C11H13N3O. The molecule has 1 saturated heterocycles. The van der Waals surface area contributed by atoms with Crippen molar-refractivity contribution in [2.24, 2.45) is 0 Å². The fourth-order valence-corrected chi connectivity index (χ4v) is 2.15.